The minimum Gasteiger partial charge on any atom is -0.324 e. The molecule has 2 bridgehead atoms. The maximum absolute atomic E-state index is 2.58. The zero-order valence-corrected chi connectivity index (χ0v) is 15.9. The molecule has 1 heterocycles. The molecule has 3 saturated carbocycles. The predicted octanol–water partition coefficient (Wildman–Crippen LogP) is 3.72. The fourth-order valence-corrected chi connectivity index (χ4v) is 6.51. The van der Waals surface area contributed by atoms with Gasteiger partial charge in [0.15, 0.2) is 0 Å². The molecule has 0 radical (unpaired) electrons. The molecule has 0 amide bonds. The highest BCUT2D eigenvalue weighted by atomic mass is 15.4. The van der Waals surface area contributed by atoms with Gasteiger partial charge in [0.2, 0.25) is 0 Å². The molecule has 4 aliphatic rings. The van der Waals surface area contributed by atoms with Gasteiger partial charge >= 0.3 is 0 Å². The number of hydrogen-bond acceptors (Lipinski definition) is 1. The van der Waals surface area contributed by atoms with Crippen LogP contribution in [0, 0.1) is 35.5 Å². The minimum absolute atomic E-state index is 0.793. The molecule has 0 aromatic rings. The van der Waals surface area contributed by atoms with E-state index >= 15 is 0 Å². The average molecular weight is 308 g/mol. The average Bonchev–Trinajstić information content (AvgIpc) is 2.87. The summed E-state index contributed by atoms with van der Waals surface area (Å²) in [7, 11) is 4.87. The van der Waals surface area contributed by atoms with Gasteiger partial charge in [-0.05, 0) is 64.0 Å². The van der Waals surface area contributed by atoms with Gasteiger partial charge in [-0.3, -0.25) is 0 Å². The van der Waals surface area contributed by atoms with Crippen LogP contribution in [0.25, 0.3) is 0 Å². The first-order valence-electron chi connectivity index (χ1n) is 9.94. The maximum atomic E-state index is 2.58. The molecule has 3 aliphatic carbocycles. The van der Waals surface area contributed by atoms with Gasteiger partial charge in [0.25, 0.3) is 0 Å². The molecule has 4 rings (SSSR count). The van der Waals surface area contributed by atoms with Crippen LogP contribution in [0.1, 0.15) is 47.0 Å². The lowest BCUT2D eigenvalue weighted by atomic mass is 9.50. The Labute approximate surface area is 138 Å². The van der Waals surface area contributed by atoms with Crippen molar-refractivity contribution in [2.24, 2.45) is 35.5 Å². The van der Waals surface area contributed by atoms with Gasteiger partial charge in [0, 0.05) is 18.4 Å². The van der Waals surface area contributed by atoms with Crippen LogP contribution in [0.15, 0.2) is 0 Å². The van der Waals surface area contributed by atoms with Crippen LogP contribution < -0.4 is 0 Å². The first-order chi connectivity index (χ1) is 10.4. The van der Waals surface area contributed by atoms with Gasteiger partial charge in [-0.2, -0.15) is 0 Å². The topological polar surface area (TPSA) is 3.24 Å². The zero-order valence-electron chi connectivity index (χ0n) is 15.9. The van der Waals surface area contributed by atoms with Gasteiger partial charge < -0.3 is 9.38 Å². The summed E-state index contributed by atoms with van der Waals surface area (Å²) in [6, 6.07) is 0.793. The van der Waals surface area contributed by atoms with Crippen molar-refractivity contribution >= 4 is 0 Å². The molecule has 0 aromatic carbocycles. The molecule has 22 heavy (non-hydrogen) atoms. The van der Waals surface area contributed by atoms with Crippen LogP contribution in [0.4, 0.5) is 0 Å². The highest BCUT2D eigenvalue weighted by Crippen LogP contribution is 2.59. The van der Waals surface area contributed by atoms with Crippen LogP contribution in [0.5, 0.6) is 0 Å². The van der Waals surface area contributed by atoms with Crippen LogP contribution in [-0.4, -0.2) is 55.7 Å². The Hall–Kier alpha value is -0.0800. The summed E-state index contributed by atoms with van der Waals surface area (Å²) in [4.78, 5) is 2.58. The highest BCUT2D eigenvalue weighted by Gasteiger charge is 2.60. The van der Waals surface area contributed by atoms with E-state index in [1.165, 1.54) is 49.9 Å². The number of rotatable bonds is 5. The normalized spacial score (nSPS) is 47.5. The summed E-state index contributed by atoms with van der Waals surface area (Å²) in [6.07, 6.45) is 4.48. The van der Waals surface area contributed by atoms with E-state index in [-0.39, 0.29) is 0 Å². The molecule has 2 nitrogen and oxygen atoms in total. The Balaban J connectivity index is 1.84. The van der Waals surface area contributed by atoms with Gasteiger partial charge in [-0.1, -0.05) is 20.3 Å². The summed E-state index contributed by atoms with van der Waals surface area (Å²) in [5, 5.41) is 0. The van der Waals surface area contributed by atoms with Crippen molar-refractivity contribution < 1.29 is 4.48 Å². The van der Waals surface area contributed by atoms with E-state index in [0.717, 1.165) is 41.5 Å². The monoisotopic (exact) mass is 307 g/mol. The van der Waals surface area contributed by atoms with E-state index in [9.17, 15) is 0 Å². The summed E-state index contributed by atoms with van der Waals surface area (Å²) in [5.41, 5.74) is 0. The standard InChI is InChI=1S/C20H39N2/c1-7-15-16-9-10-17(18(15)11-21(5)8-2)20-13-22(6,14(3)4)12-19(16)20/h14-20H,7-13H2,1-6H3/q+1. The van der Waals surface area contributed by atoms with Gasteiger partial charge in [0.1, 0.15) is 0 Å². The zero-order chi connectivity index (χ0) is 16.1. The van der Waals surface area contributed by atoms with Crippen molar-refractivity contribution in [3.05, 3.63) is 0 Å². The SMILES string of the molecule is CCC1C2CCC(C1CN(C)CC)C1C[N+](C)(C(C)C)CC21. The molecule has 7 atom stereocenters. The first kappa shape index (κ1) is 16.8. The van der Waals surface area contributed by atoms with Crippen LogP contribution >= 0.6 is 0 Å². The first-order valence-corrected chi connectivity index (χ1v) is 9.94. The van der Waals surface area contributed by atoms with Gasteiger partial charge in [-0.15, -0.1) is 0 Å². The number of fused-ring (bicyclic) bond motifs is 2. The van der Waals surface area contributed by atoms with Crippen LogP contribution in [0.3, 0.4) is 0 Å². The maximum Gasteiger partial charge on any atom is 0.0831 e. The minimum atomic E-state index is 0.793. The van der Waals surface area contributed by atoms with Crippen molar-refractivity contribution in [3.8, 4) is 0 Å². The molecule has 1 saturated heterocycles. The van der Waals surface area contributed by atoms with E-state index < -0.39 is 0 Å². The summed E-state index contributed by atoms with van der Waals surface area (Å²) in [6.45, 7) is 15.2. The lowest BCUT2D eigenvalue weighted by Gasteiger charge is -2.54. The van der Waals surface area contributed by atoms with Crippen molar-refractivity contribution in [2.75, 3.05) is 40.3 Å². The van der Waals surface area contributed by atoms with Crippen molar-refractivity contribution in [1.29, 1.82) is 0 Å². The third kappa shape index (κ3) is 2.55. The van der Waals surface area contributed by atoms with Crippen molar-refractivity contribution in [3.63, 3.8) is 0 Å². The molecule has 0 N–H and O–H groups in total. The molecule has 7 unspecified atom stereocenters. The summed E-state index contributed by atoms with van der Waals surface area (Å²) < 4.78 is 1.34. The second-order valence-corrected chi connectivity index (χ2v) is 9.26. The van der Waals surface area contributed by atoms with E-state index in [2.05, 4.69) is 46.7 Å². The number of hydrogen-bond donors (Lipinski definition) is 0. The van der Waals surface area contributed by atoms with E-state index in [4.69, 9.17) is 0 Å². The number of likely N-dealkylation sites (tertiary alicyclic amines) is 1. The van der Waals surface area contributed by atoms with E-state index in [1.54, 1.807) is 0 Å². The van der Waals surface area contributed by atoms with Gasteiger partial charge in [-0.25, -0.2) is 0 Å². The molecular formula is C20H39N2+. The summed E-state index contributed by atoms with van der Waals surface area (Å²) in [5.74, 6) is 6.12. The molecule has 1 aliphatic heterocycles. The Morgan fingerprint density at radius 3 is 1.95 bits per heavy atom. The number of nitrogens with zero attached hydrogens (tertiary/aromatic N) is 2. The molecule has 128 valence electrons. The molecule has 2 heteroatoms. The highest BCUT2D eigenvalue weighted by molar-refractivity contribution is 5.03. The van der Waals surface area contributed by atoms with E-state index in [1.807, 2.05) is 0 Å². The van der Waals surface area contributed by atoms with Crippen molar-refractivity contribution in [1.82, 2.24) is 4.90 Å². The Bertz CT molecular complexity index is 393. The second-order valence-electron chi connectivity index (χ2n) is 9.26. The summed E-state index contributed by atoms with van der Waals surface area (Å²) >= 11 is 0. The lowest BCUT2D eigenvalue weighted by molar-refractivity contribution is -0.921. The molecule has 0 aromatic heterocycles. The fourth-order valence-electron chi connectivity index (χ4n) is 6.51. The third-order valence-corrected chi connectivity index (χ3v) is 8.17. The lowest BCUT2D eigenvalue weighted by Crippen LogP contribution is -2.53. The van der Waals surface area contributed by atoms with Crippen molar-refractivity contribution in [2.45, 2.75) is 53.0 Å². The molecular weight excluding hydrogens is 268 g/mol. The Morgan fingerprint density at radius 2 is 1.50 bits per heavy atom. The van der Waals surface area contributed by atoms with Crippen LogP contribution in [0.2, 0.25) is 0 Å². The van der Waals surface area contributed by atoms with E-state index in [0.29, 0.717) is 0 Å². The predicted molar refractivity (Wildman–Crippen MR) is 94.7 cm³/mol. The Kier molecular flexibility index (Phi) is 4.64. The number of quaternary nitrogens is 1. The third-order valence-electron chi connectivity index (χ3n) is 8.17. The van der Waals surface area contributed by atoms with Crippen LogP contribution in [-0.2, 0) is 0 Å². The smallest absolute Gasteiger partial charge is 0.0831 e. The Morgan fingerprint density at radius 1 is 0.955 bits per heavy atom. The molecule has 0 spiro atoms. The fraction of sp³-hybridized carbons (Fsp3) is 1.00. The van der Waals surface area contributed by atoms with Gasteiger partial charge in [0.05, 0.1) is 26.2 Å². The largest absolute Gasteiger partial charge is 0.324 e. The second kappa shape index (κ2) is 6.09. The molecule has 4 fully saturated rings. The quantitative estimate of drug-likeness (QED) is 0.700.